The number of aliphatic imine (C=N–C) groups is 1. The van der Waals surface area contributed by atoms with E-state index in [1.807, 2.05) is 13.1 Å². The molecule has 0 saturated heterocycles. The molecule has 1 aromatic heterocycles. The fraction of sp³-hybridized carbons (Fsp3) is 0.500. The van der Waals surface area contributed by atoms with Crippen LogP contribution in [0.1, 0.15) is 25.3 Å². The average Bonchev–Trinajstić information content (AvgIpc) is 2.89. The van der Waals surface area contributed by atoms with E-state index in [-0.39, 0.29) is 24.0 Å². The van der Waals surface area contributed by atoms with E-state index < -0.39 is 0 Å². The van der Waals surface area contributed by atoms with Gasteiger partial charge < -0.3 is 10.6 Å². The van der Waals surface area contributed by atoms with Crippen LogP contribution < -0.4 is 10.6 Å². The minimum atomic E-state index is 0. The second-order valence-corrected chi connectivity index (χ2v) is 6.57. The Morgan fingerprint density at radius 1 is 1.27 bits per heavy atom. The van der Waals surface area contributed by atoms with E-state index in [4.69, 9.17) is 0 Å². The number of fused-ring (bicyclic) bond motifs is 1. The van der Waals surface area contributed by atoms with Gasteiger partial charge in [0.25, 0.3) is 0 Å². The lowest BCUT2D eigenvalue weighted by molar-refractivity contribution is 0.612. The normalized spacial score (nSPS) is 11.5. The van der Waals surface area contributed by atoms with E-state index in [2.05, 4.69) is 52.7 Å². The third kappa shape index (κ3) is 6.08. The number of thiazole rings is 1. The van der Waals surface area contributed by atoms with E-state index in [9.17, 15) is 0 Å². The first kappa shape index (κ1) is 19.2. The number of aryl methyl sites for hydroxylation is 1. The van der Waals surface area contributed by atoms with Crippen LogP contribution in [0.2, 0.25) is 0 Å². The molecule has 4 nitrogen and oxygen atoms in total. The van der Waals surface area contributed by atoms with Gasteiger partial charge >= 0.3 is 0 Å². The summed E-state index contributed by atoms with van der Waals surface area (Å²) in [6.45, 7) is 6.23. The molecule has 0 unspecified atom stereocenters. The number of aromatic nitrogens is 1. The Morgan fingerprint density at radius 3 is 2.73 bits per heavy atom. The van der Waals surface area contributed by atoms with Gasteiger partial charge in [0.2, 0.25) is 0 Å². The van der Waals surface area contributed by atoms with Crippen molar-refractivity contribution in [2.45, 2.75) is 26.7 Å². The zero-order chi connectivity index (χ0) is 15.1. The van der Waals surface area contributed by atoms with Crippen LogP contribution in [0.4, 0.5) is 0 Å². The molecule has 0 aliphatic heterocycles. The fourth-order valence-corrected chi connectivity index (χ4v) is 3.00. The summed E-state index contributed by atoms with van der Waals surface area (Å²) in [7, 11) is 1.81. The molecule has 0 amide bonds. The van der Waals surface area contributed by atoms with Gasteiger partial charge in [-0.15, -0.1) is 35.3 Å². The number of guanidine groups is 1. The zero-order valence-electron chi connectivity index (χ0n) is 13.4. The van der Waals surface area contributed by atoms with Crippen LogP contribution in [0.5, 0.6) is 0 Å². The standard InChI is InChI=1S/C16H24N4S.HI/c1-12(2)11-19-16(17-3)18-10-6-9-15-20-13-7-4-5-8-14(13)21-15;/h4-5,7-8,12H,6,9-11H2,1-3H3,(H2,17,18,19);1H. The molecule has 2 aromatic rings. The molecule has 6 heteroatoms. The topological polar surface area (TPSA) is 49.3 Å². The molecule has 0 atom stereocenters. The fourth-order valence-electron chi connectivity index (χ4n) is 1.99. The van der Waals surface area contributed by atoms with Gasteiger partial charge in [0, 0.05) is 26.6 Å². The van der Waals surface area contributed by atoms with Gasteiger partial charge in [-0.25, -0.2) is 4.98 Å². The van der Waals surface area contributed by atoms with Gasteiger partial charge in [-0.3, -0.25) is 4.99 Å². The van der Waals surface area contributed by atoms with Crippen LogP contribution in [0.3, 0.4) is 0 Å². The Labute approximate surface area is 153 Å². The van der Waals surface area contributed by atoms with Crippen molar-refractivity contribution in [1.82, 2.24) is 15.6 Å². The maximum Gasteiger partial charge on any atom is 0.190 e. The highest BCUT2D eigenvalue weighted by Crippen LogP contribution is 2.22. The summed E-state index contributed by atoms with van der Waals surface area (Å²) < 4.78 is 1.27. The first-order chi connectivity index (χ1) is 10.2. The van der Waals surface area contributed by atoms with E-state index in [0.29, 0.717) is 5.92 Å². The molecule has 1 aromatic carbocycles. The Morgan fingerprint density at radius 2 is 2.05 bits per heavy atom. The van der Waals surface area contributed by atoms with Gasteiger partial charge in [0.1, 0.15) is 0 Å². The van der Waals surface area contributed by atoms with Gasteiger partial charge in [0.15, 0.2) is 5.96 Å². The van der Waals surface area contributed by atoms with E-state index >= 15 is 0 Å². The maximum atomic E-state index is 4.65. The summed E-state index contributed by atoms with van der Waals surface area (Å²) in [6, 6.07) is 8.31. The Balaban J connectivity index is 0.00000242. The molecule has 0 bridgehead atoms. The van der Waals surface area contributed by atoms with Crippen molar-refractivity contribution in [1.29, 1.82) is 0 Å². The number of nitrogens with one attached hydrogen (secondary N) is 2. The molecule has 1 heterocycles. The molecule has 0 radical (unpaired) electrons. The van der Waals surface area contributed by atoms with E-state index in [1.165, 1.54) is 9.71 Å². The third-order valence-corrected chi connectivity index (χ3v) is 4.20. The average molecular weight is 432 g/mol. The molecule has 0 spiro atoms. The quantitative estimate of drug-likeness (QED) is 0.317. The summed E-state index contributed by atoms with van der Waals surface area (Å²) in [5.74, 6) is 1.50. The lowest BCUT2D eigenvalue weighted by atomic mass is 10.2. The van der Waals surface area contributed by atoms with Crippen molar-refractivity contribution in [3.05, 3.63) is 29.3 Å². The summed E-state index contributed by atoms with van der Waals surface area (Å²) in [5, 5.41) is 7.87. The van der Waals surface area contributed by atoms with Crippen LogP contribution in [0, 0.1) is 5.92 Å². The lowest BCUT2D eigenvalue weighted by Crippen LogP contribution is -2.39. The zero-order valence-corrected chi connectivity index (χ0v) is 16.6. The second kappa shape index (κ2) is 9.99. The summed E-state index contributed by atoms with van der Waals surface area (Å²) in [5.41, 5.74) is 1.11. The summed E-state index contributed by atoms with van der Waals surface area (Å²) in [6.07, 6.45) is 2.07. The van der Waals surface area contributed by atoms with Crippen LogP contribution in [0.15, 0.2) is 29.3 Å². The number of nitrogens with zero attached hydrogens (tertiary/aromatic N) is 2. The second-order valence-electron chi connectivity index (χ2n) is 5.45. The Kier molecular flexibility index (Phi) is 8.70. The van der Waals surface area contributed by atoms with Crippen molar-refractivity contribution in [3.8, 4) is 0 Å². The molecule has 0 saturated carbocycles. The van der Waals surface area contributed by atoms with Gasteiger partial charge in [-0.2, -0.15) is 0 Å². The molecular weight excluding hydrogens is 407 g/mol. The predicted molar refractivity (Wildman–Crippen MR) is 108 cm³/mol. The predicted octanol–water partition coefficient (Wildman–Crippen LogP) is 3.67. The van der Waals surface area contributed by atoms with Crippen LogP contribution in [0.25, 0.3) is 10.2 Å². The molecular formula is C16H25IN4S. The van der Waals surface area contributed by atoms with Crippen LogP contribution in [-0.2, 0) is 6.42 Å². The molecule has 122 valence electrons. The number of benzene rings is 1. The molecule has 2 N–H and O–H groups in total. The summed E-state index contributed by atoms with van der Waals surface area (Å²) in [4.78, 5) is 8.87. The number of hydrogen-bond acceptors (Lipinski definition) is 3. The van der Waals surface area contributed by atoms with Gasteiger partial charge in [0.05, 0.1) is 15.2 Å². The Hall–Kier alpha value is -0.890. The summed E-state index contributed by atoms with van der Waals surface area (Å²) >= 11 is 1.79. The van der Waals surface area contributed by atoms with Crippen LogP contribution >= 0.6 is 35.3 Å². The first-order valence-electron chi connectivity index (χ1n) is 7.48. The molecule has 2 rings (SSSR count). The number of rotatable bonds is 6. The largest absolute Gasteiger partial charge is 0.356 e. The molecule has 0 fully saturated rings. The molecule has 0 aliphatic carbocycles. The van der Waals surface area contributed by atoms with E-state index in [0.717, 1.165) is 37.4 Å². The van der Waals surface area contributed by atoms with Crippen molar-refractivity contribution in [2.24, 2.45) is 10.9 Å². The number of para-hydroxylation sites is 1. The van der Waals surface area contributed by atoms with Crippen molar-refractivity contribution < 1.29 is 0 Å². The van der Waals surface area contributed by atoms with Crippen molar-refractivity contribution in [2.75, 3.05) is 20.1 Å². The minimum absolute atomic E-state index is 0. The van der Waals surface area contributed by atoms with Crippen molar-refractivity contribution in [3.63, 3.8) is 0 Å². The number of hydrogen-bond donors (Lipinski definition) is 2. The smallest absolute Gasteiger partial charge is 0.190 e. The monoisotopic (exact) mass is 432 g/mol. The molecule has 0 aliphatic rings. The molecule has 22 heavy (non-hydrogen) atoms. The van der Waals surface area contributed by atoms with Gasteiger partial charge in [-0.05, 0) is 24.5 Å². The van der Waals surface area contributed by atoms with E-state index in [1.54, 1.807) is 11.3 Å². The van der Waals surface area contributed by atoms with Crippen LogP contribution in [-0.4, -0.2) is 31.1 Å². The Bertz CT molecular complexity index is 562. The van der Waals surface area contributed by atoms with Crippen molar-refractivity contribution >= 4 is 51.5 Å². The number of halogens is 1. The highest BCUT2D eigenvalue weighted by Gasteiger charge is 2.03. The third-order valence-electron chi connectivity index (χ3n) is 3.10. The highest BCUT2D eigenvalue weighted by atomic mass is 127. The highest BCUT2D eigenvalue weighted by molar-refractivity contribution is 14.0. The maximum absolute atomic E-state index is 4.65. The lowest BCUT2D eigenvalue weighted by Gasteiger charge is -2.12. The SMILES string of the molecule is CN=C(NCCCc1nc2ccccc2s1)NCC(C)C.I. The first-order valence-corrected chi connectivity index (χ1v) is 8.29. The van der Waals surface area contributed by atoms with Gasteiger partial charge in [-0.1, -0.05) is 26.0 Å². The minimum Gasteiger partial charge on any atom is -0.356 e.